The van der Waals surface area contributed by atoms with Crippen LogP contribution in [0.4, 0.5) is 16.4 Å². The van der Waals surface area contributed by atoms with E-state index in [0.29, 0.717) is 0 Å². The molecule has 0 unspecified atom stereocenters. The first kappa shape index (κ1) is 27.5. The van der Waals surface area contributed by atoms with Crippen LogP contribution in [0.2, 0.25) is 0 Å². The molecule has 0 radical (unpaired) electrons. The minimum atomic E-state index is -0.469. The van der Waals surface area contributed by atoms with Crippen molar-refractivity contribution in [3.8, 4) is 0 Å². The number of carbonyl (C=O) groups is 1. The number of nitrogens with one attached hydrogen (secondary N) is 1. The topological polar surface area (TPSA) is 122 Å². The number of nitrogens with zero attached hydrogens (tertiary/aromatic N) is 6. The summed E-state index contributed by atoms with van der Waals surface area (Å²) in [6, 6.07) is 8.06. The van der Waals surface area contributed by atoms with Gasteiger partial charge in [0.2, 0.25) is 0 Å². The van der Waals surface area contributed by atoms with Crippen molar-refractivity contribution < 1.29 is 9.53 Å². The van der Waals surface area contributed by atoms with Gasteiger partial charge in [0.25, 0.3) is 0 Å². The van der Waals surface area contributed by atoms with Crippen molar-refractivity contribution in [3.63, 3.8) is 0 Å². The number of rotatable bonds is 3. The van der Waals surface area contributed by atoms with Crippen molar-refractivity contribution in [1.82, 2.24) is 25.7 Å². The monoisotopic (exact) mass is 492 g/mol. The smallest absolute Gasteiger partial charge is 0.407 e. The minimum Gasteiger partial charge on any atom is -0.444 e. The second-order valence-electron chi connectivity index (χ2n) is 9.44. The quantitative estimate of drug-likeness (QED) is 0.665. The van der Waals surface area contributed by atoms with E-state index >= 15 is 0 Å². The molecule has 2 aromatic heterocycles. The van der Waals surface area contributed by atoms with Crippen LogP contribution in [0.15, 0.2) is 36.7 Å². The van der Waals surface area contributed by atoms with Crippen molar-refractivity contribution in [1.29, 1.82) is 0 Å². The fourth-order valence-corrected chi connectivity index (χ4v) is 3.92. The number of halogens is 1. The molecule has 0 aliphatic carbocycles. The van der Waals surface area contributed by atoms with Crippen LogP contribution in [0.5, 0.6) is 0 Å². The molecule has 0 aromatic carbocycles. The molecule has 3 N–H and O–H groups in total. The lowest BCUT2D eigenvalue weighted by Crippen LogP contribution is -2.49. The average Bonchev–Trinajstić information content (AvgIpc) is 2.80. The van der Waals surface area contributed by atoms with Crippen molar-refractivity contribution in [3.05, 3.63) is 36.7 Å². The lowest BCUT2D eigenvalue weighted by molar-refractivity contribution is 0.0500. The van der Waals surface area contributed by atoms with Gasteiger partial charge >= 0.3 is 6.09 Å². The number of aromatic nitrogens is 4. The number of hydrogen-bond acceptors (Lipinski definition) is 9. The van der Waals surface area contributed by atoms with E-state index in [9.17, 15) is 4.79 Å². The van der Waals surface area contributed by atoms with Gasteiger partial charge in [-0.25, -0.2) is 4.79 Å². The maximum absolute atomic E-state index is 11.8. The highest BCUT2D eigenvalue weighted by Gasteiger charge is 2.25. The molecule has 2 aliphatic rings. The van der Waals surface area contributed by atoms with Crippen LogP contribution >= 0.6 is 12.4 Å². The van der Waals surface area contributed by atoms with Crippen molar-refractivity contribution in [2.45, 2.75) is 64.1 Å². The minimum absolute atomic E-state index is 0. The van der Waals surface area contributed by atoms with Gasteiger partial charge in [0.1, 0.15) is 5.60 Å². The fraction of sp³-hybridized carbons (Fsp3) is 0.609. The first-order valence-corrected chi connectivity index (χ1v) is 11.6. The Labute approximate surface area is 208 Å². The molecule has 2 saturated heterocycles. The summed E-state index contributed by atoms with van der Waals surface area (Å²) in [6.07, 6.45) is 7.22. The summed E-state index contributed by atoms with van der Waals surface area (Å²) in [5, 5.41) is 18.8. The molecule has 2 atom stereocenters. The third-order valence-electron chi connectivity index (χ3n) is 5.36. The molecular weight excluding hydrogens is 456 g/mol. The van der Waals surface area contributed by atoms with Crippen LogP contribution in [-0.2, 0) is 4.74 Å². The predicted octanol–water partition coefficient (Wildman–Crippen LogP) is 2.80. The number of amides is 1. The molecule has 1 amide bonds. The van der Waals surface area contributed by atoms with Gasteiger partial charge in [0.15, 0.2) is 11.6 Å². The Balaban J connectivity index is 0.000000253. The Morgan fingerprint density at radius 3 is 2.06 bits per heavy atom. The number of carbonyl (C=O) groups excluding carboxylic acids is 1. The summed E-state index contributed by atoms with van der Waals surface area (Å²) < 4.78 is 5.28. The Kier molecular flexibility index (Phi) is 10.7. The Morgan fingerprint density at radius 1 is 1.00 bits per heavy atom. The second kappa shape index (κ2) is 13.2. The molecule has 4 heterocycles. The summed E-state index contributed by atoms with van der Waals surface area (Å²) in [5.74, 6) is 1.79. The Morgan fingerprint density at radius 2 is 1.56 bits per heavy atom. The molecule has 0 bridgehead atoms. The van der Waals surface area contributed by atoms with E-state index in [1.165, 1.54) is 0 Å². The van der Waals surface area contributed by atoms with Gasteiger partial charge in [0, 0.05) is 50.7 Å². The zero-order valence-electron chi connectivity index (χ0n) is 20.3. The summed E-state index contributed by atoms with van der Waals surface area (Å²) in [7, 11) is 0. The van der Waals surface area contributed by atoms with Gasteiger partial charge in [-0.15, -0.1) is 22.6 Å². The summed E-state index contributed by atoms with van der Waals surface area (Å²) in [4.78, 5) is 16.1. The Hall–Kier alpha value is -2.72. The first-order valence-electron chi connectivity index (χ1n) is 11.6. The zero-order valence-corrected chi connectivity index (χ0v) is 21.1. The molecule has 188 valence electrons. The highest BCUT2D eigenvalue weighted by molar-refractivity contribution is 5.85. The highest BCUT2D eigenvalue weighted by Crippen LogP contribution is 2.17. The standard InChI is InChI=1S/C14H22N4O2.C9H14N4.ClH/c1-14(2,3)20-13(19)16-11-6-5-9-18(10-11)12-7-4-8-15-17-12;10-8-3-2-6-13(7-8)9-4-1-5-11-12-9;/h4,7-8,11H,5-6,9-10H2,1-3H3,(H,16,19);1,4-5,8H,2-3,6-7,10H2;1H/t11-;8-;/m00./s1. The van der Waals surface area contributed by atoms with E-state index in [1.54, 1.807) is 12.4 Å². The number of ether oxygens (including phenoxy) is 1. The molecule has 11 heteroatoms. The van der Waals surface area contributed by atoms with E-state index in [1.807, 2.05) is 45.0 Å². The predicted molar refractivity (Wildman–Crippen MR) is 135 cm³/mol. The normalized spacial score (nSPS) is 20.4. The van der Waals surface area contributed by atoms with E-state index in [0.717, 1.165) is 63.5 Å². The molecule has 2 fully saturated rings. The summed E-state index contributed by atoms with van der Waals surface area (Å²) in [5.41, 5.74) is 5.40. The molecule has 0 spiro atoms. The van der Waals surface area contributed by atoms with Crippen LogP contribution in [-0.4, -0.2) is 70.4 Å². The fourth-order valence-electron chi connectivity index (χ4n) is 3.92. The first-order chi connectivity index (χ1) is 15.8. The van der Waals surface area contributed by atoms with Crippen molar-refractivity contribution in [2.75, 3.05) is 36.0 Å². The molecule has 0 saturated carbocycles. The van der Waals surface area contributed by atoms with Gasteiger partial charge in [0.05, 0.1) is 0 Å². The molecule has 2 aromatic rings. The number of anilines is 2. The zero-order chi connectivity index (χ0) is 23.7. The summed E-state index contributed by atoms with van der Waals surface area (Å²) in [6.45, 7) is 9.20. The van der Waals surface area contributed by atoms with E-state index < -0.39 is 5.60 Å². The maximum Gasteiger partial charge on any atom is 0.407 e. The van der Waals surface area contributed by atoms with Crippen molar-refractivity contribution >= 4 is 30.1 Å². The maximum atomic E-state index is 11.8. The molecule has 10 nitrogen and oxygen atoms in total. The number of piperidine rings is 2. The third kappa shape index (κ3) is 9.26. The van der Waals surface area contributed by atoms with Gasteiger partial charge in [-0.05, 0) is 70.7 Å². The molecule has 34 heavy (non-hydrogen) atoms. The van der Waals surface area contributed by atoms with Crippen molar-refractivity contribution in [2.24, 2.45) is 5.73 Å². The number of hydrogen-bond donors (Lipinski definition) is 2. The van der Waals surface area contributed by atoms with E-state index in [2.05, 4.69) is 35.5 Å². The van der Waals surface area contributed by atoms with Gasteiger partial charge in [-0.1, -0.05) is 0 Å². The molecular formula is C23H37ClN8O2. The van der Waals surface area contributed by atoms with Crippen LogP contribution in [0, 0.1) is 0 Å². The number of alkyl carbamates (subject to hydrolysis) is 1. The average molecular weight is 493 g/mol. The second-order valence-corrected chi connectivity index (χ2v) is 9.44. The van der Waals surface area contributed by atoms with Crippen LogP contribution in [0.25, 0.3) is 0 Å². The highest BCUT2D eigenvalue weighted by atomic mass is 35.5. The lowest BCUT2D eigenvalue weighted by Gasteiger charge is -2.34. The van der Waals surface area contributed by atoms with Crippen LogP contribution in [0.3, 0.4) is 0 Å². The van der Waals surface area contributed by atoms with Crippen LogP contribution < -0.4 is 20.9 Å². The van der Waals surface area contributed by atoms with Gasteiger partial charge < -0.3 is 25.6 Å². The lowest BCUT2D eigenvalue weighted by atomic mass is 10.1. The van der Waals surface area contributed by atoms with Gasteiger partial charge in [-0.2, -0.15) is 10.2 Å². The van der Waals surface area contributed by atoms with Crippen LogP contribution in [0.1, 0.15) is 46.5 Å². The SMILES string of the molecule is CC(C)(C)OC(=O)N[C@H]1CCCN(c2cccnn2)C1.Cl.N[C@H]1CCCN(c2cccnn2)C1. The molecule has 4 rings (SSSR count). The largest absolute Gasteiger partial charge is 0.444 e. The number of nitrogens with two attached hydrogens (primary N) is 1. The molecule has 2 aliphatic heterocycles. The Bertz CT molecular complexity index is 853. The van der Waals surface area contributed by atoms with E-state index in [-0.39, 0.29) is 30.6 Å². The third-order valence-corrected chi connectivity index (χ3v) is 5.36. The van der Waals surface area contributed by atoms with E-state index in [4.69, 9.17) is 10.5 Å². The van der Waals surface area contributed by atoms with Gasteiger partial charge in [-0.3, -0.25) is 0 Å². The summed E-state index contributed by atoms with van der Waals surface area (Å²) >= 11 is 0.